The molecule has 2 aromatic rings. The van der Waals surface area contributed by atoms with Crippen LogP contribution in [-0.2, 0) is 21.2 Å². The molecule has 0 atom stereocenters. The Kier molecular flexibility index (Phi) is 5.47. The second-order valence-electron chi connectivity index (χ2n) is 5.22. The van der Waals surface area contributed by atoms with Crippen LogP contribution in [0.5, 0.6) is 0 Å². The number of nitrogens with zero attached hydrogens (tertiary/aromatic N) is 2. The molecule has 128 valence electrons. The predicted octanol–water partition coefficient (Wildman–Crippen LogP) is 0.0813. The molecule has 0 radical (unpaired) electrons. The molecule has 2 rings (SSSR count). The molecule has 0 aliphatic carbocycles. The summed E-state index contributed by atoms with van der Waals surface area (Å²) in [6, 6.07) is 7.69. The maximum Gasteiger partial charge on any atom is 0.257 e. The first-order valence-corrected chi connectivity index (χ1v) is 8.63. The van der Waals surface area contributed by atoms with Gasteiger partial charge in [0.1, 0.15) is 0 Å². The van der Waals surface area contributed by atoms with Crippen LogP contribution in [0.4, 0.5) is 5.95 Å². The lowest BCUT2D eigenvalue weighted by Crippen LogP contribution is -2.30. The third-order valence-electron chi connectivity index (χ3n) is 3.13. The molecular formula is C15H17N4O4S-. The van der Waals surface area contributed by atoms with Crippen LogP contribution < -0.4 is 15.4 Å². The molecule has 2 N–H and O–H groups in total. The van der Waals surface area contributed by atoms with Crippen LogP contribution in [-0.4, -0.2) is 24.4 Å². The van der Waals surface area contributed by atoms with Crippen molar-refractivity contribution < 1.29 is 18.3 Å². The van der Waals surface area contributed by atoms with Crippen LogP contribution in [0.1, 0.15) is 23.4 Å². The lowest BCUT2D eigenvalue weighted by molar-refractivity contribution is -0.305. The Morgan fingerprint density at radius 3 is 2.25 bits per heavy atom. The van der Waals surface area contributed by atoms with Crippen molar-refractivity contribution in [2.75, 3.05) is 5.43 Å². The first-order valence-electron chi connectivity index (χ1n) is 7.15. The fraction of sp³-hybridized carbons (Fsp3) is 0.267. The Hall–Kier alpha value is -2.52. The van der Waals surface area contributed by atoms with E-state index < -0.39 is 16.0 Å². The second-order valence-corrected chi connectivity index (χ2v) is 6.90. The number of carbonyl (C=O) groups is 1. The summed E-state index contributed by atoms with van der Waals surface area (Å²) in [6.07, 6.45) is 0.167. The maximum atomic E-state index is 12.2. The van der Waals surface area contributed by atoms with Gasteiger partial charge in [-0.25, -0.2) is 18.4 Å². The van der Waals surface area contributed by atoms with Gasteiger partial charge in [0.15, 0.2) is 0 Å². The highest BCUT2D eigenvalue weighted by molar-refractivity contribution is 7.89. The zero-order valence-corrected chi connectivity index (χ0v) is 14.1. The Morgan fingerprint density at radius 1 is 1.12 bits per heavy atom. The molecule has 1 heterocycles. The Bertz CT molecular complexity index is 815. The van der Waals surface area contributed by atoms with Gasteiger partial charge in [0, 0.05) is 17.4 Å². The normalized spacial score (nSPS) is 11.2. The third-order valence-corrected chi connectivity index (χ3v) is 4.39. The summed E-state index contributed by atoms with van der Waals surface area (Å²) < 4.78 is 24.4. The van der Waals surface area contributed by atoms with E-state index in [-0.39, 0.29) is 23.7 Å². The van der Waals surface area contributed by atoms with E-state index in [1.807, 2.05) is 0 Å². The van der Waals surface area contributed by atoms with E-state index in [1.54, 1.807) is 32.0 Å². The van der Waals surface area contributed by atoms with Gasteiger partial charge in [-0.2, -0.15) is 0 Å². The standard InChI is InChI=1S/C15H18N4O4S/c1-10-9-11(2)17-15(16-10)18-19-24(22,23)13-6-3-12(4-7-13)5-8-14(20)21/h3-4,6-7,9,19H,5,8H2,1-2H3,(H,20,21)(H,16,17,18)/p-1. The minimum absolute atomic E-state index is 0.0385. The molecule has 0 aliphatic heterocycles. The van der Waals surface area contributed by atoms with Gasteiger partial charge in [-0.3, -0.25) is 5.43 Å². The molecule has 9 heteroatoms. The van der Waals surface area contributed by atoms with Crippen molar-refractivity contribution in [3.63, 3.8) is 0 Å². The van der Waals surface area contributed by atoms with Crippen molar-refractivity contribution in [1.29, 1.82) is 0 Å². The SMILES string of the molecule is Cc1cc(C)nc(NNS(=O)(=O)c2ccc(CCC(=O)[O-])cc2)n1. The number of sulfonamides is 1. The number of hydrazine groups is 1. The lowest BCUT2D eigenvalue weighted by atomic mass is 10.1. The topological polar surface area (TPSA) is 124 Å². The maximum absolute atomic E-state index is 12.2. The van der Waals surface area contributed by atoms with Crippen molar-refractivity contribution >= 4 is 21.9 Å². The highest BCUT2D eigenvalue weighted by Crippen LogP contribution is 2.12. The van der Waals surface area contributed by atoms with E-state index >= 15 is 0 Å². The number of anilines is 1. The van der Waals surface area contributed by atoms with Crippen LogP contribution in [0.15, 0.2) is 35.2 Å². The monoisotopic (exact) mass is 349 g/mol. The lowest BCUT2D eigenvalue weighted by Gasteiger charge is -2.10. The van der Waals surface area contributed by atoms with Gasteiger partial charge in [-0.05, 0) is 50.5 Å². The molecular weight excluding hydrogens is 332 g/mol. The van der Waals surface area contributed by atoms with Crippen LogP contribution in [0.3, 0.4) is 0 Å². The van der Waals surface area contributed by atoms with Crippen LogP contribution in [0.2, 0.25) is 0 Å². The number of carboxylic acids is 1. The molecule has 0 unspecified atom stereocenters. The van der Waals surface area contributed by atoms with Gasteiger partial charge in [-0.1, -0.05) is 12.1 Å². The second kappa shape index (κ2) is 7.37. The number of rotatable bonds is 7. The molecule has 0 saturated carbocycles. The molecule has 1 aromatic carbocycles. The fourth-order valence-electron chi connectivity index (χ4n) is 2.04. The smallest absolute Gasteiger partial charge is 0.257 e. The van der Waals surface area contributed by atoms with Gasteiger partial charge >= 0.3 is 0 Å². The molecule has 1 aromatic heterocycles. The first kappa shape index (κ1) is 17.8. The molecule has 0 bridgehead atoms. The number of carboxylic acid groups (broad SMARTS) is 1. The van der Waals surface area contributed by atoms with E-state index in [0.717, 1.165) is 0 Å². The zero-order chi connectivity index (χ0) is 17.7. The number of hydrogen-bond donors (Lipinski definition) is 2. The number of aromatic nitrogens is 2. The Balaban J connectivity index is 2.05. The summed E-state index contributed by atoms with van der Waals surface area (Å²) >= 11 is 0. The number of aryl methyl sites for hydroxylation is 3. The summed E-state index contributed by atoms with van der Waals surface area (Å²) in [7, 11) is -3.80. The molecule has 0 aliphatic rings. The fourth-order valence-corrected chi connectivity index (χ4v) is 2.87. The largest absolute Gasteiger partial charge is 0.550 e. The third kappa shape index (κ3) is 5.00. The van der Waals surface area contributed by atoms with E-state index in [9.17, 15) is 18.3 Å². The van der Waals surface area contributed by atoms with Crippen LogP contribution >= 0.6 is 0 Å². The Labute approximate surface area is 140 Å². The summed E-state index contributed by atoms with van der Waals surface area (Å²) in [5.41, 5.74) is 4.60. The summed E-state index contributed by atoms with van der Waals surface area (Å²) in [6.45, 7) is 3.56. The summed E-state index contributed by atoms with van der Waals surface area (Å²) in [4.78, 5) is 20.8. The van der Waals surface area contributed by atoms with Crippen molar-refractivity contribution in [3.05, 3.63) is 47.3 Å². The average Bonchev–Trinajstić information content (AvgIpc) is 2.50. The number of carbonyl (C=O) groups excluding carboxylic acids is 1. The van der Waals surface area contributed by atoms with E-state index in [2.05, 4.69) is 20.2 Å². The highest BCUT2D eigenvalue weighted by Gasteiger charge is 2.14. The van der Waals surface area contributed by atoms with Gasteiger partial charge < -0.3 is 9.90 Å². The van der Waals surface area contributed by atoms with Crippen molar-refractivity contribution in [1.82, 2.24) is 14.8 Å². The van der Waals surface area contributed by atoms with E-state index in [4.69, 9.17) is 0 Å². The molecule has 0 fully saturated rings. The number of aliphatic carboxylic acids is 1. The van der Waals surface area contributed by atoms with E-state index in [0.29, 0.717) is 17.0 Å². The highest BCUT2D eigenvalue weighted by atomic mass is 32.2. The van der Waals surface area contributed by atoms with Crippen LogP contribution in [0.25, 0.3) is 0 Å². The molecule has 0 saturated heterocycles. The number of nitrogens with one attached hydrogen (secondary N) is 2. The summed E-state index contributed by atoms with van der Waals surface area (Å²) in [5.74, 6) is -0.993. The average molecular weight is 349 g/mol. The minimum Gasteiger partial charge on any atom is -0.550 e. The summed E-state index contributed by atoms with van der Waals surface area (Å²) in [5, 5.41) is 10.4. The van der Waals surface area contributed by atoms with Gasteiger partial charge in [-0.15, -0.1) is 4.83 Å². The zero-order valence-electron chi connectivity index (χ0n) is 13.2. The van der Waals surface area contributed by atoms with Crippen molar-refractivity contribution in [2.45, 2.75) is 31.6 Å². The van der Waals surface area contributed by atoms with Gasteiger partial charge in [0.2, 0.25) is 5.95 Å². The predicted molar refractivity (Wildman–Crippen MR) is 85.2 cm³/mol. The van der Waals surface area contributed by atoms with Crippen molar-refractivity contribution in [3.8, 4) is 0 Å². The van der Waals surface area contributed by atoms with Gasteiger partial charge in [0.05, 0.1) is 4.90 Å². The van der Waals surface area contributed by atoms with Crippen LogP contribution in [0, 0.1) is 13.8 Å². The molecule has 8 nitrogen and oxygen atoms in total. The molecule has 0 spiro atoms. The minimum atomic E-state index is -3.80. The Morgan fingerprint density at radius 2 is 1.71 bits per heavy atom. The number of benzene rings is 1. The molecule has 24 heavy (non-hydrogen) atoms. The quantitative estimate of drug-likeness (QED) is 0.678. The van der Waals surface area contributed by atoms with Gasteiger partial charge in [0.25, 0.3) is 10.0 Å². The molecule has 0 amide bonds. The van der Waals surface area contributed by atoms with E-state index in [1.165, 1.54) is 12.1 Å². The first-order chi connectivity index (χ1) is 11.3. The number of hydrogen-bond acceptors (Lipinski definition) is 7. The van der Waals surface area contributed by atoms with Crippen molar-refractivity contribution in [2.24, 2.45) is 0 Å².